The van der Waals surface area contributed by atoms with E-state index in [-0.39, 0.29) is 29.9 Å². The van der Waals surface area contributed by atoms with Crippen LogP contribution in [0.3, 0.4) is 0 Å². The van der Waals surface area contributed by atoms with Crippen molar-refractivity contribution in [1.29, 1.82) is 0 Å². The molecule has 1 aromatic heterocycles. The molecule has 0 aliphatic carbocycles. The molecule has 0 spiro atoms. The number of hydrogen-bond donors (Lipinski definition) is 2. The third-order valence-electron chi connectivity index (χ3n) is 4.77. The number of benzene rings is 1. The lowest BCUT2D eigenvalue weighted by Crippen LogP contribution is -2.39. The largest absolute Gasteiger partial charge is 0.356 e. The number of anilines is 1. The van der Waals surface area contributed by atoms with Crippen molar-refractivity contribution >= 4 is 53.1 Å². The van der Waals surface area contributed by atoms with Gasteiger partial charge in [-0.1, -0.05) is 35.9 Å². The molecule has 0 bridgehead atoms. The monoisotopic (exact) mass is 527 g/mol. The summed E-state index contributed by atoms with van der Waals surface area (Å²) in [5, 5.41) is 7.03. The Hall–Kier alpha value is -1.87. The summed E-state index contributed by atoms with van der Waals surface area (Å²) in [6.07, 6.45) is 4.84. The number of amides is 1. The van der Waals surface area contributed by atoms with Gasteiger partial charge in [-0.25, -0.2) is 4.98 Å². The zero-order chi connectivity index (χ0) is 19.8. The van der Waals surface area contributed by atoms with Gasteiger partial charge in [0.15, 0.2) is 5.96 Å². The van der Waals surface area contributed by atoms with Crippen LogP contribution in [0, 0.1) is 0 Å². The van der Waals surface area contributed by atoms with Gasteiger partial charge in [-0.3, -0.25) is 9.79 Å². The number of pyridine rings is 1. The molecule has 156 valence electrons. The highest BCUT2D eigenvalue weighted by Gasteiger charge is 2.23. The van der Waals surface area contributed by atoms with Gasteiger partial charge in [-0.2, -0.15) is 0 Å². The minimum absolute atomic E-state index is 0. The number of fused-ring (bicyclic) bond motifs is 1. The van der Waals surface area contributed by atoms with Crippen LogP contribution in [0.5, 0.6) is 0 Å². The molecule has 0 saturated heterocycles. The molecule has 1 aromatic carbocycles. The zero-order valence-electron chi connectivity index (χ0n) is 16.5. The lowest BCUT2D eigenvalue weighted by Gasteiger charge is -2.17. The molecule has 1 aliphatic heterocycles. The number of para-hydroxylation sites is 1. The van der Waals surface area contributed by atoms with Crippen molar-refractivity contribution in [1.82, 2.24) is 15.6 Å². The predicted octanol–water partition coefficient (Wildman–Crippen LogP) is 3.43. The minimum atomic E-state index is 0. The summed E-state index contributed by atoms with van der Waals surface area (Å²) in [5.74, 6) is 0.922. The number of halogens is 2. The number of nitrogens with zero attached hydrogens (tertiary/aromatic N) is 3. The zero-order valence-corrected chi connectivity index (χ0v) is 19.6. The lowest BCUT2D eigenvalue weighted by molar-refractivity contribution is -0.118. The van der Waals surface area contributed by atoms with Crippen LogP contribution in [0.15, 0.2) is 47.6 Å². The van der Waals surface area contributed by atoms with E-state index in [0.717, 1.165) is 49.6 Å². The third kappa shape index (κ3) is 6.85. The third-order valence-corrected chi connectivity index (χ3v) is 4.99. The first kappa shape index (κ1) is 23.4. The van der Waals surface area contributed by atoms with Gasteiger partial charge in [-0.05, 0) is 42.5 Å². The summed E-state index contributed by atoms with van der Waals surface area (Å²) < 4.78 is 0. The molecular weight excluding hydrogens is 501 g/mol. The molecule has 29 heavy (non-hydrogen) atoms. The number of nitrogens with one attached hydrogen (secondary N) is 2. The molecule has 0 unspecified atom stereocenters. The number of guanidine groups is 1. The Morgan fingerprint density at radius 2 is 2.00 bits per heavy atom. The number of carbonyl (C=O) groups is 1. The maximum absolute atomic E-state index is 12.5. The second kappa shape index (κ2) is 12.0. The van der Waals surface area contributed by atoms with Crippen molar-refractivity contribution in [2.75, 3.05) is 31.6 Å². The van der Waals surface area contributed by atoms with Gasteiger partial charge in [0.2, 0.25) is 5.91 Å². The standard InChI is InChI=1S/C21H26ClN5O.HI/c1-23-21(25-13-10-16-8-9-19(22)26-15-16)24-12-4-7-20(28)27-14-11-17-5-2-3-6-18(17)27;/h2-3,5-6,8-9,15H,4,7,10-14H2,1H3,(H2,23,24,25);1H. The molecule has 6 nitrogen and oxygen atoms in total. The van der Waals surface area contributed by atoms with E-state index >= 15 is 0 Å². The Kier molecular flexibility index (Phi) is 9.66. The summed E-state index contributed by atoms with van der Waals surface area (Å²) >= 11 is 5.80. The first-order valence-corrected chi connectivity index (χ1v) is 9.98. The van der Waals surface area contributed by atoms with Crippen molar-refractivity contribution in [3.63, 3.8) is 0 Å². The summed E-state index contributed by atoms with van der Waals surface area (Å²) in [4.78, 5) is 22.7. The number of carbonyl (C=O) groups excluding carboxylic acids is 1. The molecule has 0 fully saturated rings. The van der Waals surface area contributed by atoms with Gasteiger partial charge in [0.1, 0.15) is 5.15 Å². The first-order chi connectivity index (χ1) is 13.7. The molecule has 2 N–H and O–H groups in total. The summed E-state index contributed by atoms with van der Waals surface area (Å²) in [5.41, 5.74) is 3.44. The molecule has 2 aromatic rings. The average molecular weight is 528 g/mol. The molecule has 0 saturated carbocycles. The van der Waals surface area contributed by atoms with Crippen LogP contribution in [0.25, 0.3) is 0 Å². The van der Waals surface area contributed by atoms with Gasteiger partial charge in [0.05, 0.1) is 0 Å². The van der Waals surface area contributed by atoms with Crippen molar-refractivity contribution in [2.24, 2.45) is 4.99 Å². The molecule has 2 heterocycles. The number of aromatic nitrogens is 1. The van der Waals surface area contributed by atoms with Crippen molar-refractivity contribution in [2.45, 2.75) is 25.7 Å². The summed E-state index contributed by atoms with van der Waals surface area (Å²) in [6.45, 7) is 2.23. The van der Waals surface area contributed by atoms with E-state index in [1.54, 1.807) is 19.3 Å². The molecule has 0 radical (unpaired) electrons. The highest BCUT2D eigenvalue weighted by molar-refractivity contribution is 14.0. The van der Waals surface area contributed by atoms with Crippen LogP contribution in [0.1, 0.15) is 24.0 Å². The number of hydrogen-bond acceptors (Lipinski definition) is 3. The fourth-order valence-electron chi connectivity index (χ4n) is 3.28. The van der Waals surface area contributed by atoms with E-state index in [1.807, 2.05) is 29.2 Å². The number of rotatable bonds is 7. The van der Waals surface area contributed by atoms with Crippen LogP contribution in [0.2, 0.25) is 5.15 Å². The van der Waals surface area contributed by atoms with Gasteiger partial charge in [0, 0.05) is 45.0 Å². The van der Waals surface area contributed by atoms with Crippen molar-refractivity contribution in [3.8, 4) is 0 Å². The Bertz CT molecular complexity index is 828. The summed E-state index contributed by atoms with van der Waals surface area (Å²) in [6, 6.07) is 11.9. The Balaban J connectivity index is 0.00000300. The van der Waals surface area contributed by atoms with Gasteiger partial charge in [0.25, 0.3) is 0 Å². The van der Waals surface area contributed by atoms with E-state index in [2.05, 4.69) is 26.7 Å². The first-order valence-electron chi connectivity index (χ1n) is 9.60. The molecular formula is C21H27ClIN5O. The number of aliphatic imine (C=N–C) groups is 1. The lowest BCUT2D eigenvalue weighted by atomic mass is 10.2. The fraction of sp³-hybridized carbons (Fsp3) is 0.381. The topological polar surface area (TPSA) is 69.6 Å². The summed E-state index contributed by atoms with van der Waals surface area (Å²) in [7, 11) is 1.74. The van der Waals surface area contributed by atoms with Crippen LogP contribution in [-0.4, -0.2) is 43.5 Å². The van der Waals surface area contributed by atoms with Gasteiger partial charge >= 0.3 is 0 Å². The van der Waals surface area contributed by atoms with E-state index in [0.29, 0.717) is 18.1 Å². The smallest absolute Gasteiger partial charge is 0.227 e. The fourth-order valence-corrected chi connectivity index (χ4v) is 3.39. The van der Waals surface area contributed by atoms with E-state index in [1.165, 1.54) is 5.56 Å². The molecule has 3 rings (SSSR count). The maximum atomic E-state index is 12.5. The molecule has 1 aliphatic rings. The van der Waals surface area contributed by atoms with Crippen molar-refractivity contribution in [3.05, 3.63) is 58.9 Å². The van der Waals surface area contributed by atoms with Crippen LogP contribution in [0.4, 0.5) is 5.69 Å². The second-order valence-corrected chi connectivity index (χ2v) is 7.08. The quantitative estimate of drug-likeness (QED) is 0.190. The average Bonchev–Trinajstić information content (AvgIpc) is 3.15. The van der Waals surface area contributed by atoms with Crippen LogP contribution < -0.4 is 15.5 Å². The van der Waals surface area contributed by atoms with Crippen molar-refractivity contribution < 1.29 is 4.79 Å². The highest BCUT2D eigenvalue weighted by Crippen LogP contribution is 2.27. The van der Waals surface area contributed by atoms with Crippen LogP contribution >= 0.6 is 35.6 Å². The Morgan fingerprint density at radius 1 is 1.21 bits per heavy atom. The van der Waals surface area contributed by atoms with Gasteiger partial charge in [-0.15, -0.1) is 24.0 Å². The Morgan fingerprint density at radius 3 is 2.76 bits per heavy atom. The minimum Gasteiger partial charge on any atom is -0.356 e. The SMILES string of the molecule is CN=C(NCCCC(=O)N1CCc2ccccc21)NCCc1ccc(Cl)nc1.I. The molecule has 1 amide bonds. The van der Waals surface area contributed by atoms with Crippen LogP contribution in [-0.2, 0) is 17.6 Å². The van der Waals surface area contributed by atoms with E-state index in [4.69, 9.17) is 11.6 Å². The second-order valence-electron chi connectivity index (χ2n) is 6.69. The maximum Gasteiger partial charge on any atom is 0.227 e. The Labute approximate surface area is 194 Å². The van der Waals surface area contributed by atoms with Gasteiger partial charge < -0.3 is 15.5 Å². The molecule has 0 atom stereocenters. The molecule has 8 heteroatoms. The predicted molar refractivity (Wildman–Crippen MR) is 129 cm³/mol. The van der Waals surface area contributed by atoms with E-state index in [9.17, 15) is 4.79 Å². The highest BCUT2D eigenvalue weighted by atomic mass is 127. The van der Waals surface area contributed by atoms with E-state index < -0.39 is 0 Å². The normalized spacial score (nSPS) is 12.9.